The van der Waals surface area contributed by atoms with Crippen LogP contribution in [0.4, 0.5) is 0 Å². The van der Waals surface area contributed by atoms with E-state index < -0.39 is 0 Å². The molecular weight excluding hydrogens is 174 g/mol. The lowest BCUT2D eigenvalue weighted by molar-refractivity contribution is 0.196. The van der Waals surface area contributed by atoms with E-state index in [4.69, 9.17) is 4.74 Å². The Balaban J connectivity index is 0.000000443. The number of morpholine rings is 1. The Bertz CT molecular complexity index is 256. The van der Waals surface area contributed by atoms with Gasteiger partial charge in [0.25, 0.3) is 0 Å². The van der Waals surface area contributed by atoms with Crippen LogP contribution in [0.25, 0.3) is 0 Å². The van der Waals surface area contributed by atoms with Crippen LogP contribution in [0.1, 0.15) is 28.1 Å². The predicted octanol–water partition coefficient (Wildman–Crippen LogP) is 3.00. The molecule has 1 fully saturated rings. The van der Waals surface area contributed by atoms with Crippen molar-refractivity contribution in [2.45, 2.75) is 26.7 Å². The maximum atomic E-state index is 5.45. The largest absolute Gasteiger partial charge is 0.490 e. The van der Waals surface area contributed by atoms with Gasteiger partial charge in [0.1, 0.15) is 12.4 Å². The van der Waals surface area contributed by atoms with E-state index in [2.05, 4.69) is 43.5 Å². The first-order valence-corrected chi connectivity index (χ1v) is 5.32. The van der Waals surface area contributed by atoms with Crippen LogP contribution in [-0.4, -0.2) is 13.2 Å². The summed E-state index contributed by atoms with van der Waals surface area (Å²) in [4.78, 5) is 0. The van der Waals surface area contributed by atoms with Gasteiger partial charge in [-0.1, -0.05) is 32.4 Å². The maximum absolute atomic E-state index is 5.45. The molecule has 0 unspecified atom stereocenters. The normalized spacial score (nSPS) is 18.4. The van der Waals surface area contributed by atoms with Crippen molar-refractivity contribution in [1.82, 2.24) is 5.32 Å². The van der Waals surface area contributed by atoms with E-state index in [1.165, 1.54) is 6.42 Å². The van der Waals surface area contributed by atoms with Gasteiger partial charge in [0, 0.05) is 7.97 Å². The standard InChI is InChI=1S/C9H11NO.C3H8.H2/c1-2-4-8-9(5-3-1)11-7-6-10-8;1-3-2;/h1-2,4-5,10H,3,6-7H2;3H2,1-2H3;1H. The first kappa shape index (κ1) is 10.9. The quantitative estimate of drug-likeness (QED) is 0.641. The SMILES string of the molecule is C1=CCC=C2OCCNC2=C1.CCC.[HH]. The van der Waals surface area contributed by atoms with E-state index in [1.54, 1.807) is 0 Å². The summed E-state index contributed by atoms with van der Waals surface area (Å²) in [5.74, 6) is 1.00. The van der Waals surface area contributed by atoms with E-state index in [-0.39, 0.29) is 1.43 Å². The minimum Gasteiger partial charge on any atom is -0.490 e. The highest BCUT2D eigenvalue weighted by Crippen LogP contribution is 2.15. The summed E-state index contributed by atoms with van der Waals surface area (Å²) >= 11 is 0. The van der Waals surface area contributed by atoms with Gasteiger partial charge in [-0.2, -0.15) is 0 Å². The lowest BCUT2D eigenvalue weighted by Crippen LogP contribution is -2.27. The number of rotatable bonds is 0. The molecule has 1 N–H and O–H groups in total. The zero-order valence-electron chi connectivity index (χ0n) is 9.05. The molecule has 0 amide bonds. The van der Waals surface area contributed by atoms with Gasteiger partial charge in [-0.3, -0.25) is 0 Å². The number of hydrogen-bond donors (Lipinski definition) is 1. The topological polar surface area (TPSA) is 21.3 Å². The Morgan fingerprint density at radius 3 is 3.07 bits per heavy atom. The second-order valence-corrected chi connectivity index (χ2v) is 3.29. The van der Waals surface area contributed by atoms with E-state index in [9.17, 15) is 0 Å². The minimum atomic E-state index is 0. The zero-order valence-corrected chi connectivity index (χ0v) is 9.05. The molecule has 1 aliphatic heterocycles. The van der Waals surface area contributed by atoms with Crippen molar-refractivity contribution in [3.8, 4) is 0 Å². The smallest absolute Gasteiger partial charge is 0.138 e. The Kier molecular flexibility index (Phi) is 4.90. The number of ether oxygens (including phenoxy) is 1. The molecule has 0 aromatic rings. The monoisotopic (exact) mass is 195 g/mol. The second-order valence-electron chi connectivity index (χ2n) is 3.29. The highest BCUT2D eigenvalue weighted by molar-refractivity contribution is 5.32. The minimum absolute atomic E-state index is 0. The first-order chi connectivity index (χ1) is 6.88. The molecule has 80 valence electrons. The van der Waals surface area contributed by atoms with E-state index >= 15 is 0 Å². The molecule has 0 saturated carbocycles. The third-order valence-corrected chi connectivity index (χ3v) is 1.78. The lowest BCUT2D eigenvalue weighted by Gasteiger charge is -2.20. The Labute approximate surface area is 87.8 Å². The molecule has 0 bridgehead atoms. The van der Waals surface area contributed by atoms with Crippen molar-refractivity contribution in [1.29, 1.82) is 0 Å². The van der Waals surface area contributed by atoms with Crippen molar-refractivity contribution in [3.05, 3.63) is 35.8 Å². The van der Waals surface area contributed by atoms with Crippen molar-refractivity contribution in [2.75, 3.05) is 13.2 Å². The van der Waals surface area contributed by atoms with Crippen LogP contribution in [0.5, 0.6) is 0 Å². The van der Waals surface area contributed by atoms with Crippen LogP contribution >= 0.6 is 0 Å². The molecule has 2 nitrogen and oxygen atoms in total. The number of nitrogens with one attached hydrogen (secondary N) is 1. The molecule has 2 rings (SSSR count). The summed E-state index contributed by atoms with van der Waals surface area (Å²) in [7, 11) is 0. The van der Waals surface area contributed by atoms with Crippen LogP contribution in [0.3, 0.4) is 0 Å². The van der Waals surface area contributed by atoms with Crippen molar-refractivity contribution >= 4 is 0 Å². The molecule has 0 radical (unpaired) electrons. The third kappa shape index (κ3) is 3.29. The van der Waals surface area contributed by atoms with Gasteiger partial charge in [-0.25, -0.2) is 0 Å². The van der Waals surface area contributed by atoms with Gasteiger partial charge < -0.3 is 10.1 Å². The fourth-order valence-electron chi connectivity index (χ4n) is 1.24. The summed E-state index contributed by atoms with van der Waals surface area (Å²) in [6.45, 7) is 5.94. The van der Waals surface area contributed by atoms with E-state index in [0.717, 1.165) is 31.0 Å². The van der Waals surface area contributed by atoms with Crippen LogP contribution in [0.2, 0.25) is 0 Å². The summed E-state index contributed by atoms with van der Waals surface area (Å²) < 4.78 is 5.45. The summed E-state index contributed by atoms with van der Waals surface area (Å²) in [5.41, 5.74) is 1.12. The Morgan fingerprint density at radius 2 is 2.29 bits per heavy atom. The molecule has 2 aliphatic rings. The van der Waals surface area contributed by atoms with Crippen LogP contribution in [-0.2, 0) is 4.74 Å². The number of fused-ring (bicyclic) bond motifs is 1. The number of hydrogen-bond acceptors (Lipinski definition) is 2. The first-order valence-electron chi connectivity index (χ1n) is 5.32. The van der Waals surface area contributed by atoms with Crippen molar-refractivity contribution < 1.29 is 6.16 Å². The third-order valence-electron chi connectivity index (χ3n) is 1.78. The van der Waals surface area contributed by atoms with Crippen molar-refractivity contribution in [2.24, 2.45) is 0 Å². The molecule has 1 saturated heterocycles. The fraction of sp³-hybridized carbons (Fsp3) is 0.500. The van der Waals surface area contributed by atoms with Crippen molar-refractivity contribution in [3.63, 3.8) is 0 Å². The van der Waals surface area contributed by atoms with Gasteiger partial charge in [0.05, 0.1) is 5.70 Å². The molecular formula is C12H21NO. The highest BCUT2D eigenvalue weighted by Gasteiger charge is 2.10. The van der Waals surface area contributed by atoms with E-state index in [1.807, 2.05) is 0 Å². The van der Waals surface area contributed by atoms with Gasteiger partial charge in [-0.05, 0) is 18.6 Å². The molecule has 2 heteroatoms. The maximum Gasteiger partial charge on any atom is 0.138 e. The molecule has 0 spiro atoms. The Hall–Kier alpha value is -1.18. The number of allylic oxidation sites excluding steroid dienone is 4. The highest BCUT2D eigenvalue weighted by atomic mass is 16.5. The average molecular weight is 195 g/mol. The average Bonchev–Trinajstić information content (AvgIpc) is 2.43. The van der Waals surface area contributed by atoms with Crippen LogP contribution in [0.15, 0.2) is 35.8 Å². The molecule has 14 heavy (non-hydrogen) atoms. The van der Waals surface area contributed by atoms with Gasteiger partial charge in [0.15, 0.2) is 0 Å². The zero-order chi connectivity index (χ0) is 10.2. The molecule has 0 atom stereocenters. The lowest BCUT2D eigenvalue weighted by atomic mass is 10.3. The van der Waals surface area contributed by atoms with Crippen LogP contribution in [0, 0.1) is 0 Å². The van der Waals surface area contributed by atoms with Gasteiger partial charge in [-0.15, -0.1) is 0 Å². The summed E-state index contributed by atoms with van der Waals surface area (Å²) in [6.07, 6.45) is 10.5. The molecule has 1 heterocycles. The molecule has 0 aromatic heterocycles. The van der Waals surface area contributed by atoms with E-state index in [0.29, 0.717) is 0 Å². The molecule has 1 aliphatic carbocycles. The Morgan fingerprint density at radius 1 is 1.50 bits per heavy atom. The fourth-order valence-corrected chi connectivity index (χ4v) is 1.24. The second kappa shape index (κ2) is 6.30. The van der Waals surface area contributed by atoms with Gasteiger partial charge >= 0.3 is 0 Å². The predicted molar refractivity (Wildman–Crippen MR) is 62.0 cm³/mol. The summed E-state index contributed by atoms with van der Waals surface area (Å²) in [5, 5.41) is 3.28. The molecule has 0 aromatic carbocycles. The summed E-state index contributed by atoms with van der Waals surface area (Å²) in [6, 6.07) is 0. The van der Waals surface area contributed by atoms with Gasteiger partial charge in [0.2, 0.25) is 0 Å². The van der Waals surface area contributed by atoms with Crippen LogP contribution < -0.4 is 5.32 Å².